The zero-order chi connectivity index (χ0) is 21.3. The monoisotopic (exact) mass is 399 g/mol. The molecule has 0 aromatic rings. The first-order valence-corrected chi connectivity index (χ1v) is 13.2. The third-order valence-electron chi connectivity index (χ3n) is 6.33. The van der Waals surface area contributed by atoms with Gasteiger partial charge in [-0.25, -0.2) is 9.69 Å². The number of rotatable bonds is 6. The number of imide groups is 1. The first kappa shape index (κ1) is 24.2. The van der Waals surface area contributed by atoms with Gasteiger partial charge in [-0.2, -0.15) is 0 Å². The molecule has 27 heavy (non-hydrogen) atoms. The molecular weight excluding hydrogens is 358 g/mol. The normalized spacial score (nSPS) is 20.9. The summed E-state index contributed by atoms with van der Waals surface area (Å²) in [4.78, 5) is 27.3. The topological polar surface area (TPSA) is 55.8 Å². The van der Waals surface area contributed by atoms with E-state index in [1.165, 1.54) is 4.90 Å². The van der Waals surface area contributed by atoms with Crippen molar-refractivity contribution in [2.45, 2.75) is 111 Å². The molecule has 0 bridgehead atoms. The summed E-state index contributed by atoms with van der Waals surface area (Å²) in [6.45, 7) is 21.2. The SMILES string of the molecule is CCC1(CC)CC(CCO[Si](C)(C)C(C)(C)C)N(C(=O)OC(C)(C)C)C1=O. The van der Waals surface area contributed by atoms with Crippen molar-refractivity contribution in [2.75, 3.05) is 6.61 Å². The van der Waals surface area contributed by atoms with E-state index < -0.39 is 25.4 Å². The van der Waals surface area contributed by atoms with Gasteiger partial charge in [0.2, 0.25) is 5.91 Å². The van der Waals surface area contributed by atoms with Gasteiger partial charge in [0.1, 0.15) is 5.60 Å². The highest BCUT2D eigenvalue weighted by Gasteiger charge is 2.52. The van der Waals surface area contributed by atoms with Gasteiger partial charge in [0.05, 0.1) is 5.41 Å². The molecule has 1 aliphatic heterocycles. The maximum absolute atomic E-state index is 13.1. The van der Waals surface area contributed by atoms with Crippen LogP contribution in [0.3, 0.4) is 0 Å². The lowest BCUT2D eigenvalue weighted by atomic mass is 9.79. The first-order chi connectivity index (χ1) is 12.1. The number of amides is 2. The van der Waals surface area contributed by atoms with E-state index in [9.17, 15) is 9.59 Å². The number of carbonyl (C=O) groups is 2. The van der Waals surface area contributed by atoms with Crippen LogP contribution in [-0.4, -0.2) is 43.5 Å². The zero-order valence-corrected chi connectivity index (χ0v) is 20.2. The lowest BCUT2D eigenvalue weighted by molar-refractivity contribution is -0.136. The lowest BCUT2D eigenvalue weighted by Crippen LogP contribution is -2.45. The second-order valence-corrected chi connectivity index (χ2v) is 15.2. The second kappa shape index (κ2) is 8.24. The van der Waals surface area contributed by atoms with Crippen molar-refractivity contribution in [3.8, 4) is 0 Å². The third-order valence-corrected chi connectivity index (χ3v) is 10.9. The molecular formula is C21H41NO4Si. The minimum absolute atomic E-state index is 0.0842. The van der Waals surface area contributed by atoms with Gasteiger partial charge in [-0.1, -0.05) is 34.6 Å². The molecule has 6 heteroatoms. The Kier molecular flexibility index (Phi) is 7.37. The Balaban J connectivity index is 2.96. The maximum atomic E-state index is 13.1. The summed E-state index contributed by atoms with van der Waals surface area (Å²) in [7, 11) is -1.85. The van der Waals surface area contributed by atoms with Crippen LogP contribution in [0.5, 0.6) is 0 Å². The Hall–Kier alpha value is -0.883. The Bertz CT molecular complexity index is 541. The van der Waals surface area contributed by atoms with Crippen molar-refractivity contribution in [3.05, 3.63) is 0 Å². The molecule has 1 heterocycles. The number of likely N-dealkylation sites (tertiary alicyclic amines) is 1. The minimum Gasteiger partial charge on any atom is -0.443 e. The van der Waals surface area contributed by atoms with Gasteiger partial charge >= 0.3 is 6.09 Å². The van der Waals surface area contributed by atoms with Crippen LogP contribution in [0.2, 0.25) is 18.1 Å². The second-order valence-electron chi connectivity index (χ2n) is 10.4. The fraction of sp³-hybridized carbons (Fsp3) is 0.905. The molecule has 0 aromatic heterocycles. The molecule has 1 unspecified atom stereocenters. The predicted octanol–water partition coefficient (Wildman–Crippen LogP) is 5.74. The summed E-state index contributed by atoms with van der Waals surface area (Å²) < 4.78 is 11.8. The van der Waals surface area contributed by atoms with Crippen molar-refractivity contribution in [1.29, 1.82) is 0 Å². The van der Waals surface area contributed by atoms with Crippen LogP contribution in [0.15, 0.2) is 0 Å². The summed E-state index contributed by atoms with van der Waals surface area (Å²) in [6.07, 6.45) is 2.31. The molecule has 1 saturated heterocycles. The Morgan fingerprint density at radius 1 is 1.15 bits per heavy atom. The fourth-order valence-corrected chi connectivity index (χ4v) is 4.39. The van der Waals surface area contributed by atoms with E-state index in [0.29, 0.717) is 19.4 Å². The highest BCUT2D eigenvalue weighted by atomic mass is 28.4. The van der Waals surface area contributed by atoms with Crippen molar-refractivity contribution < 1.29 is 18.8 Å². The predicted molar refractivity (Wildman–Crippen MR) is 112 cm³/mol. The Labute approximate surface area is 167 Å². The smallest absolute Gasteiger partial charge is 0.417 e. The molecule has 0 radical (unpaired) electrons. The number of nitrogens with zero attached hydrogens (tertiary/aromatic N) is 1. The number of hydrogen-bond donors (Lipinski definition) is 0. The van der Waals surface area contributed by atoms with E-state index in [2.05, 4.69) is 33.9 Å². The zero-order valence-electron chi connectivity index (χ0n) is 19.2. The Morgan fingerprint density at radius 2 is 1.67 bits per heavy atom. The number of ether oxygens (including phenoxy) is 1. The van der Waals surface area contributed by atoms with Gasteiger partial charge in [-0.05, 0) is 64.6 Å². The van der Waals surface area contributed by atoms with Crippen LogP contribution in [0.4, 0.5) is 4.79 Å². The number of hydrogen-bond acceptors (Lipinski definition) is 4. The molecule has 5 nitrogen and oxygen atoms in total. The molecule has 0 saturated carbocycles. The van der Waals surface area contributed by atoms with Gasteiger partial charge in [0, 0.05) is 12.6 Å². The van der Waals surface area contributed by atoms with E-state index in [-0.39, 0.29) is 17.0 Å². The van der Waals surface area contributed by atoms with Crippen LogP contribution in [0.1, 0.15) is 81.1 Å². The van der Waals surface area contributed by atoms with Crippen LogP contribution in [0.25, 0.3) is 0 Å². The van der Waals surface area contributed by atoms with Crippen LogP contribution in [-0.2, 0) is 14.0 Å². The molecule has 1 aliphatic rings. The third kappa shape index (κ3) is 5.56. The summed E-state index contributed by atoms with van der Waals surface area (Å²) in [5.41, 5.74) is -1.08. The largest absolute Gasteiger partial charge is 0.443 e. The molecule has 1 atom stereocenters. The molecule has 0 aliphatic carbocycles. The van der Waals surface area contributed by atoms with Gasteiger partial charge in [0.25, 0.3) is 0 Å². The maximum Gasteiger partial charge on any atom is 0.417 e. The van der Waals surface area contributed by atoms with Gasteiger partial charge in [-0.15, -0.1) is 0 Å². The summed E-state index contributed by atoms with van der Waals surface area (Å²) in [5.74, 6) is -0.0842. The highest BCUT2D eigenvalue weighted by molar-refractivity contribution is 6.74. The molecule has 158 valence electrons. The summed E-state index contributed by atoms with van der Waals surface area (Å²) in [6, 6.07) is -0.156. The van der Waals surface area contributed by atoms with Crippen molar-refractivity contribution >= 4 is 20.3 Å². The highest BCUT2D eigenvalue weighted by Crippen LogP contribution is 2.44. The first-order valence-electron chi connectivity index (χ1n) is 10.3. The van der Waals surface area contributed by atoms with E-state index in [1.807, 2.05) is 34.6 Å². The molecule has 0 aromatic carbocycles. The van der Waals surface area contributed by atoms with E-state index in [0.717, 1.165) is 12.8 Å². The van der Waals surface area contributed by atoms with Gasteiger partial charge in [-0.3, -0.25) is 4.79 Å². The molecule has 1 fully saturated rings. The summed E-state index contributed by atoms with van der Waals surface area (Å²) >= 11 is 0. The average molecular weight is 400 g/mol. The van der Waals surface area contributed by atoms with Gasteiger partial charge in [0.15, 0.2) is 8.32 Å². The lowest BCUT2D eigenvalue weighted by Gasteiger charge is -2.36. The molecule has 0 N–H and O–H groups in total. The van der Waals surface area contributed by atoms with Gasteiger partial charge < -0.3 is 9.16 Å². The minimum atomic E-state index is -1.85. The Morgan fingerprint density at radius 3 is 2.07 bits per heavy atom. The quantitative estimate of drug-likeness (QED) is 0.534. The van der Waals surface area contributed by atoms with Crippen LogP contribution < -0.4 is 0 Å². The standard InChI is InChI=1S/C21H41NO4Si/c1-11-21(12-2)15-16(13-14-25-27(9,10)20(6,7)8)22(17(21)23)18(24)26-19(3,4)5/h16H,11-15H2,1-10H3. The average Bonchev–Trinajstić information content (AvgIpc) is 2.77. The van der Waals surface area contributed by atoms with Crippen molar-refractivity contribution in [2.24, 2.45) is 5.41 Å². The molecule has 0 spiro atoms. The molecule has 1 rings (SSSR count). The van der Waals surface area contributed by atoms with Crippen molar-refractivity contribution in [3.63, 3.8) is 0 Å². The van der Waals surface area contributed by atoms with Crippen LogP contribution >= 0.6 is 0 Å². The van der Waals surface area contributed by atoms with Crippen LogP contribution in [0, 0.1) is 5.41 Å². The van der Waals surface area contributed by atoms with E-state index in [4.69, 9.17) is 9.16 Å². The van der Waals surface area contributed by atoms with E-state index >= 15 is 0 Å². The summed E-state index contributed by atoms with van der Waals surface area (Å²) in [5, 5.41) is 0.139. The fourth-order valence-electron chi connectivity index (χ4n) is 3.33. The van der Waals surface area contributed by atoms with Crippen molar-refractivity contribution in [1.82, 2.24) is 4.90 Å². The van der Waals surface area contributed by atoms with E-state index in [1.54, 1.807) is 0 Å². The molecule has 2 amide bonds. The number of carbonyl (C=O) groups excluding carboxylic acids is 2.